The molecule has 1 aliphatic rings. The molecule has 0 aromatic rings. The summed E-state index contributed by atoms with van der Waals surface area (Å²) in [5.41, 5.74) is 0. The molecule has 16 heavy (non-hydrogen) atoms. The van der Waals surface area contributed by atoms with E-state index in [4.69, 9.17) is 5.11 Å². The zero-order chi connectivity index (χ0) is 12.6. The van der Waals surface area contributed by atoms with Crippen LogP contribution in [0.15, 0.2) is 0 Å². The molecule has 1 fully saturated rings. The van der Waals surface area contributed by atoms with Crippen molar-refractivity contribution in [1.29, 1.82) is 0 Å². The van der Waals surface area contributed by atoms with Crippen molar-refractivity contribution in [2.75, 3.05) is 5.75 Å². The number of hydrogen-bond donors (Lipinski definition) is 2. The number of carbonyl (C=O) groups excluding carboxylic acids is 1. The third-order valence-corrected chi connectivity index (χ3v) is 4.93. The zero-order valence-electron chi connectivity index (χ0n) is 9.19. The molecule has 0 unspecified atom stereocenters. The van der Waals surface area contributed by atoms with Gasteiger partial charge in [0.1, 0.15) is 5.75 Å². The largest absolute Gasteiger partial charge is 0.480 e. The Morgan fingerprint density at radius 1 is 1.38 bits per heavy atom. The van der Waals surface area contributed by atoms with Crippen molar-refractivity contribution >= 4 is 21.7 Å². The summed E-state index contributed by atoms with van der Waals surface area (Å²) in [6, 6.07) is 0.0654. The van der Waals surface area contributed by atoms with Crippen molar-refractivity contribution in [1.82, 2.24) is 5.32 Å². The number of rotatable bonds is 5. The Morgan fingerprint density at radius 2 is 1.88 bits per heavy atom. The van der Waals surface area contributed by atoms with Gasteiger partial charge in [-0.05, 0) is 26.7 Å². The third kappa shape index (κ3) is 2.72. The Labute approximate surface area is 93.9 Å². The first-order valence-electron chi connectivity index (χ1n) is 4.92. The highest BCUT2D eigenvalue weighted by molar-refractivity contribution is 7.94. The summed E-state index contributed by atoms with van der Waals surface area (Å²) in [5.74, 6) is -2.86. The van der Waals surface area contributed by atoms with Gasteiger partial charge in [-0.2, -0.15) is 0 Å². The highest BCUT2D eigenvalue weighted by Gasteiger charge is 2.43. The fourth-order valence-electron chi connectivity index (χ4n) is 0.983. The quantitative estimate of drug-likeness (QED) is 0.687. The topological polar surface area (TPSA) is 101 Å². The highest BCUT2D eigenvalue weighted by atomic mass is 32.2. The van der Waals surface area contributed by atoms with Crippen LogP contribution in [0.2, 0.25) is 0 Å². The summed E-state index contributed by atoms with van der Waals surface area (Å²) in [6.45, 7) is 2.16. The van der Waals surface area contributed by atoms with Crippen LogP contribution in [0, 0.1) is 0 Å². The second kappa shape index (κ2) is 4.04. The zero-order valence-corrected chi connectivity index (χ0v) is 10.0. The van der Waals surface area contributed by atoms with Gasteiger partial charge in [0.05, 0.1) is 0 Å². The van der Waals surface area contributed by atoms with Crippen molar-refractivity contribution in [2.24, 2.45) is 0 Å². The molecule has 7 heteroatoms. The fraction of sp³-hybridized carbons (Fsp3) is 0.778. The number of hydrogen-bond acceptors (Lipinski definition) is 4. The van der Waals surface area contributed by atoms with Crippen molar-refractivity contribution in [3.8, 4) is 0 Å². The molecule has 0 radical (unpaired) electrons. The van der Waals surface area contributed by atoms with Gasteiger partial charge in [0.15, 0.2) is 14.6 Å². The van der Waals surface area contributed by atoms with Gasteiger partial charge < -0.3 is 10.4 Å². The van der Waals surface area contributed by atoms with Crippen molar-refractivity contribution < 1.29 is 23.1 Å². The van der Waals surface area contributed by atoms with Crippen LogP contribution in [-0.2, 0) is 19.4 Å². The lowest BCUT2D eigenvalue weighted by Gasteiger charge is -2.19. The van der Waals surface area contributed by atoms with Crippen molar-refractivity contribution in [3.63, 3.8) is 0 Å². The number of carbonyl (C=O) groups is 2. The maximum absolute atomic E-state index is 11.7. The standard InChI is InChI=1S/C9H15NO5S/c1-9(2,8(12)13)16(14,15)5-7(11)10-6-3-4-6/h6H,3-5H2,1-2H3,(H,10,11)(H,12,13). The van der Waals surface area contributed by atoms with E-state index >= 15 is 0 Å². The Kier molecular flexibility index (Phi) is 3.27. The normalized spacial score (nSPS) is 16.9. The van der Waals surface area contributed by atoms with Gasteiger partial charge in [-0.25, -0.2) is 8.42 Å². The molecule has 1 aliphatic carbocycles. The van der Waals surface area contributed by atoms with Crippen LogP contribution in [0.25, 0.3) is 0 Å². The predicted octanol–water partition coefficient (Wildman–Crippen LogP) is -0.457. The first-order valence-corrected chi connectivity index (χ1v) is 6.57. The third-order valence-electron chi connectivity index (χ3n) is 2.56. The van der Waals surface area contributed by atoms with E-state index in [1.54, 1.807) is 0 Å². The number of amides is 1. The van der Waals surface area contributed by atoms with Crippen LogP contribution < -0.4 is 5.32 Å². The summed E-state index contributed by atoms with van der Waals surface area (Å²) in [4.78, 5) is 22.1. The number of aliphatic carboxylic acids is 1. The lowest BCUT2D eigenvalue weighted by molar-refractivity contribution is -0.139. The van der Waals surface area contributed by atoms with Gasteiger partial charge in [-0.15, -0.1) is 0 Å². The van der Waals surface area contributed by atoms with Gasteiger partial charge in [-0.3, -0.25) is 9.59 Å². The summed E-state index contributed by atoms with van der Waals surface area (Å²) in [5, 5.41) is 11.3. The van der Waals surface area contributed by atoms with Gasteiger partial charge in [0.2, 0.25) is 5.91 Å². The molecule has 1 saturated carbocycles. The number of sulfone groups is 1. The van der Waals surface area contributed by atoms with E-state index in [0.717, 1.165) is 26.7 Å². The maximum atomic E-state index is 11.7. The molecule has 6 nitrogen and oxygen atoms in total. The predicted molar refractivity (Wildman–Crippen MR) is 56.7 cm³/mol. The Hall–Kier alpha value is -1.11. The molecule has 0 aromatic carbocycles. The second-order valence-corrected chi connectivity index (χ2v) is 6.96. The lowest BCUT2D eigenvalue weighted by Crippen LogP contribution is -2.45. The van der Waals surface area contributed by atoms with Crippen LogP contribution in [0.4, 0.5) is 0 Å². The molecule has 0 heterocycles. The minimum atomic E-state index is -3.99. The average molecular weight is 249 g/mol. The van der Waals surface area contributed by atoms with E-state index in [0.29, 0.717) is 0 Å². The van der Waals surface area contributed by atoms with E-state index in [9.17, 15) is 18.0 Å². The first-order chi connectivity index (χ1) is 7.17. The van der Waals surface area contributed by atoms with Crippen LogP contribution in [0.5, 0.6) is 0 Å². The minimum Gasteiger partial charge on any atom is -0.480 e. The van der Waals surface area contributed by atoms with Crippen LogP contribution in [-0.4, -0.2) is 41.9 Å². The average Bonchev–Trinajstić information content (AvgIpc) is 2.85. The van der Waals surface area contributed by atoms with E-state index in [1.165, 1.54) is 0 Å². The Balaban J connectivity index is 2.70. The molecule has 0 atom stereocenters. The van der Waals surface area contributed by atoms with Crippen molar-refractivity contribution in [2.45, 2.75) is 37.5 Å². The van der Waals surface area contributed by atoms with Gasteiger partial charge in [-0.1, -0.05) is 0 Å². The molecular formula is C9H15NO5S. The summed E-state index contributed by atoms with van der Waals surface area (Å²) < 4.78 is 21.4. The van der Waals surface area contributed by atoms with Crippen LogP contribution in [0.3, 0.4) is 0 Å². The lowest BCUT2D eigenvalue weighted by atomic mass is 10.2. The molecule has 0 aromatic heterocycles. The molecule has 1 rings (SSSR count). The van der Waals surface area contributed by atoms with Gasteiger partial charge in [0.25, 0.3) is 0 Å². The number of carboxylic acids is 1. The van der Waals surface area contributed by atoms with E-state index in [2.05, 4.69) is 5.32 Å². The molecule has 0 aliphatic heterocycles. The molecule has 0 spiro atoms. The smallest absolute Gasteiger partial charge is 0.324 e. The fourth-order valence-corrected chi connectivity index (χ4v) is 2.04. The highest BCUT2D eigenvalue weighted by Crippen LogP contribution is 2.20. The van der Waals surface area contributed by atoms with Crippen LogP contribution in [0.1, 0.15) is 26.7 Å². The maximum Gasteiger partial charge on any atom is 0.324 e. The SMILES string of the molecule is CC(C)(C(=O)O)S(=O)(=O)CC(=O)NC1CC1. The summed E-state index contributed by atoms with van der Waals surface area (Å²) in [7, 11) is -3.99. The minimum absolute atomic E-state index is 0.0654. The van der Waals surface area contributed by atoms with Crippen molar-refractivity contribution in [3.05, 3.63) is 0 Å². The van der Waals surface area contributed by atoms with Crippen LogP contribution >= 0.6 is 0 Å². The molecule has 92 valence electrons. The molecule has 0 saturated heterocycles. The van der Waals surface area contributed by atoms with Gasteiger partial charge >= 0.3 is 5.97 Å². The first kappa shape index (κ1) is 13.0. The molecule has 1 amide bonds. The second-order valence-electron chi connectivity index (χ2n) is 4.42. The monoisotopic (exact) mass is 249 g/mol. The Bertz CT molecular complexity index is 408. The number of carboxylic acid groups (broad SMARTS) is 1. The molecular weight excluding hydrogens is 234 g/mol. The van der Waals surface area contributed by atoms with E-state index in [1.807, 2.05) is 0 Å². The molecule has 2 N–H and O–H groups in total. The summed E-state index contributed by atoms with van der Waals surface area (Å²) in [6.07, 6.45) is 1.71. The van der Waals surface area contributed by atoms with E-state index in [-0.39, 0.29) is 6.04 Å². The number of nitrogens with one attached hydrogen (secondary N) is 1. The Morgan fingerprint density at radius 3 is 2.25 bits per heavy atom. The summed E-state index contributed by atoms with van der Waals surface area (Å²) >= 11 is 0. The molecule has 0 bridgehead atoms. The van der Waals surface area contributed by atoms with E-state index < -0.39 is 32.2 Å². The van der Waals surface area contributed by atoms with Gasteiger partial charge in [0, 0.05) is 6.04 Å².